The first kappa shape index (κ1) is 14.2. The van der Waals surface area contributed by atoms with Crippen LogP contribution in [-0.4, -0.2) is 23.2 Å². The molecule has 0 spiro atoms. The molecule has 0 bridgehead atoms. The summed E-state index contributed by atoms with van der Waals surface area (Å²) in [5.41, 5.74) is 5.92. The average Bonchev–Trinajstić information content (AvgIpc) is 2.69. The van der Waals surface area contributed by atoms with Gasteiger partial charge < -0.3 is 16.2 Å². The van der Waals surface area contributed by atoms with Gasteiger partial charge in [-0.25, -0.2) is 4.39 Å². The zero-order valence-corrected chi connectivity index (χ0v) is 11.0. The maximum atomic E-state index is 13.5. The summed E-state index contributed by atoms with van der Waals surface area (Å²) in [5, 5.41) is 12.4. The van der Waals surface area contributed by atoms with Gasteiger partial charge in [0.1, 0.15) is 5.82 Å². The molecule has 0 unspecified atom stereocenters. The number of halogens is 2. The van der Waals surface area contributed by atoms with Gasteiger partial charge in [-0.1, -0.05) is 17.7 Å². The van der Waals surface area contributed by atoms with Gasteiger partial charge in [-0.15, -0.1) is 0 Å². The first-order chi connectivity index (χ1) is 8.99. The van der Waals surface area contributed by atoms with Gasteiger partial charge in [-0.2, -0.15) is 0 Å². The molecule has 0 aliphatic heterocycles. The van der Waals surface area contributed by atoms with Crippen LogP contribution >= 0.6 is 11.6 Å². The van der Waals surface area contributed by atoms with E-state index < -0.39 is 11.9 Å². The van der Waals surface area contributed by atoms with E-state index in [1.165, 1.54) is 12.1 Å². The van der Waals surface area contributed by atoms with Crippen LogP contribution in [0.3, 0.4) is 0 Å². The summed E-state index contributed by atoms with van der Waals surface area (Å²) in [5.74, 6) is -1.00. The van der Waals surface area contributed by atoms with E-state index >= 15 is 0 Å². The number of nitrogens with one attached hydrogen (secondary N) is 1. The third kappa shape index (κ3) is 3.23. The van der Waals surface area contributed by atoms with Crippen molar-refractivity contribution in [3.8, 4) is 0 Å². The summed E-state index contributed by atoms with van der Waals surface area (Å²) in [6.07, 6.45) is 0.142. The second kappa shape index (κ2) is 5.86. The maximum absolute atomic E-state index is 13.5. The molecule has 2 rings (SSSR count). The summed E-state index contributed by atoms with van der Waals surface area (Å²) in [4.78, 5) is 11.9. The Morgan fingerprint density at radius 2 is 2.26 bits per heavy atom. The number of nitrogens with two attached hydrogens (primary N) is 1. The predicted molar refractivity (Wildman–Crippen MR) is 70.0 cm³/mol. The van der Waals surface area contributed by atoms with E-state index in [9.17, 15) is 14.3 Å². The van der Waals surface area contributed by atoms with Crippen molar-refractivity contribution in [2.45, 2.75) is 31.5 Å². The normalized spacial score (nSPS) is 26.4. The molecular weight excluding hydrogens is 271 g/mol. The summed E-state index contributed by atoms with van der Waals surface area (Å²) in [6.45, 7) is 0.0339. The van der Waals surface area contributed by atoms with Crippen molar-refractivity contribution < 1.29 is 14.3 Å². The van der Waals surface area contributed by atoms with Crippen LogP contribution in [0.1, 0.15) is 18.4 Å². The molecule has 3 atom stereocenters. The molecule has 104 valence electrons. The molecule has 0 saturated heterocycles. The van der Waals surface area contributed by atoms with Crippen molar-refractivity contribution in [2.24, 2.45) is 11.7 Å². The highest BCUT2D eigenvalue weighted by Crippen LogP contribution is 2.25. The number of amides is 1. The number of hydrogen-bond donors (Lipinski definition) is 3. The highest BCUT2D eigenvalue weighted by atomic mass is 35.5. The molecule has 1 fully saturated rings. The molecule has 4 nitrogen and oxygen atoms in total. The number of rotatable bonds is 3. The van der Waals surface area contributed by atoms with Crippen molar-refractivity contribution in [2.75, 3.05) is 0 Å². The summed E-state index contributed by atoms with van der Waals surface area (Å²) >= 11 is 5.87. The number of hydrogen-bond acceptors (Lipinski definition) is 3. The van der Waals surface area contributed by atoms with E-state index in [0.29, 0.717) is 12.8 Å². The van der Waals surface area contributed by atoms with Crippen molar-refractivity contribution in [3.05, 3.63) is 34.6 Å². The quantitative estimate of drug-likeness (QED) is 0.781. The van der Waals surface area contributed by atoms with Gasteiger partial charge in [0.05, 0.1) is 6.10 Å². The van der Waals surface area contributed by atoms with Crippen LogP contribution in [0.25, 0.3) is 0 Å². The molecule has 1 aromatic rings. The second-order valence-electron chi connectivity index (χ2n) is 4.82. The Morgan fingerprint density at radius 3 is 2.84 bits per heavy atom. The zero-order valence-electron chi connectivity index (χ0n) is 10.3. The number of aliphatic hydroxyl groups excluding tert-OH is 1. The molecule has 0 aromatic heterocycles. The number of aliphatic hydroxyl groups is 1. The van der Waals surface area contributed by atoms with Crippen molar-refractivity contribution in [3.63, 3.8) is 0 Å². The van der Waals surface area contributed by atoms with Crippen LogP contribution in [0.2, 0.25) is 5.02 Å². The third-order valence-electron chi connectivity index (χ3n) is 3.45. The van der Waals surface area contributed by atoms with Gasteiger partial charge in [-0.3, -0.25) is 4.79 Å². The minimum atomic E-state index is -0.646. The van der Waals surface area contributed by atoms with Crippen LogP contribution in [0, 0.1) is 11.7 Å². The first-order valence-electron chi connectivity index (χ1n) is 6.13. The largest absolute Gasteiger partial charge is 0.391 e. The number of benzene rings is 1. The SMILES string of the molecule is N[C@@H]1C[C@H](C(=O)NCc2c(F)cccc2Cl)C[C@H]1O. The Hall–Kier alpha value is -1.17. The molecule has 4 N–H and O–H groups in total. The summed E-state index contributed by atoms with van der Waals surface area (Å²) in [6, 6.07) is 4.01. The Morgan fingerprint density at radius 1 is 1.53 bits per heavy atom. The van der Waals surface area contributed by atoms with E-state index in [0.717, 1.165) is 0 Å². The molecule has 6 heteroatoms. The lowest BCUT2D eigenvalue weighted by molar-refractivity contribution is -0.125. The Kier molecular flexibility index (Phi) is 4.39. The highest BCUT2D eigenvalue weighted by molar-refractivity contribution is 6.31. The smallest absolute Gasteiger partial charge is 0.223 e. The van der Waals surface area contributed by atoms with Crippen LogP contribution in [0.4, 0.5) is 4.39 Å². The molecule has 1 aliphatic carbocycles. The zero-order chi connectivity index (χ0) is 14.0. The highest BCUT2D eigenvalue weighted by Gasteiger charge is 2.34. The van der Waals surface area contributed by atoms with Gasteiger partial charge >= 0.3 is 0 Å². The molecular formula is C13H16ClFN2O2. The van der Waals surface area contributed by atoms with Gasteiger partial charge in [0.15, 0.2) is 0 Å². The molecule has 19 heavy (non-hydrogen) atoms. The minimum absolute atomic E-state index is 0.0339. The lowest BCUT2D eigenvalue weighted by atomic mass is 10.1. The van der Waals surface area contributed by atoms with Crippen LogP contribution in [0.15, 0.2) is 18.2 Å². The number of carbonyl (C=O) groups excluding carboxylic acids is 1. The Balaban J connectivity index is 1.94. The van der Waals surface area contributed by atoms with E-state index in [-0.39, 0.29) is 35.0 Å². The van der Waals surface area contributed by atoms with Crippen LogP contribution in [-0.2, 0) is 11.3 Å². The monoisotopic (exact) mass is 286 g/mol. The summed E-state index contributed by atoms with van der Waals surface area (Å²) in [7, 11) is 0. The fourth-order valence-corrected chi connectivity index (χ4v) is 2.51. The van der Waals surface area contributed by atoms with Gasteiger partial charge in [-0.05, 0) is 25.0 Å². The van der Waals surface area contributed by atoms with Crippen molar-refractivity contribution >= 4 is 17.5 Å². The molecule has 1 saturated carbocycles. The van der Waals surface area contributed by atoms with Gasteiger partial charge in [0, 0.05) is 29.1 Å². The van der Waals surface area contributed by atoms with Gasteiger partial charge in [0.25, 0.3) is 0 Å². The fraction of sp³-hybridized carbons (Fsp3) is 0.462. The third-order valence-corrected chi connectivity index (χ3v) is 3.80. The van der Waals surface area contributed by atoms with Crippen molar-refractivity contribution in [1.29, 1.82) is 0 Å². The summed E-state index contributed by atoms with van der Waals surface area (Å²) < 4.78 is 13.5. The Labute approximate surface area is 115 Å². The second-order valence-corrected chi connectivity index (χ2v) is 5.22. The van der Waals surface area contributed by atoms with E-state index in [4.69, 9.17) is 17.3 Å². The van der Waals surface area contributed by atoms with E-state index in [2.05, 4.69) is 5.32 Å². The maximum Gasteiger partial charge on any atom is 0.223 e. The molecule has 1 aromatic carbocycles. The fourth-order valence-electron chi connectivity index (χ4n) is 2.28. The van der Waals surface area contributed by atoms with E-state index in [1.54, 1.807) is 6.07 Å². The van der Waals surface area contributed by atoms with Crippen molar-refractivity contribution in [1.82, 2.24) is 5.32 Å². The van der Waals surface area contributed by atoms with Gasteiger partial charge in [0.2, 0.25) is 5.91 Å². The molecule has 1 amide bonds. The lowest BCUT2D eigenvalue weighted by Crippen LogP contribution is -2.30. The van der Waals surface area contributed by atoms with Crippen LogP contribution in [0.5, 0.6) is 0 Å². The molecule has 0 radical (unpaired) electrons. The average molecular weight is 287 g/mol. The lowest BCUT2D eigenvalue weighted by Gasteiger charge is -2.12. The first-order valence-corrected chi connectivity index (χ1v) is 6.51. The predicted octanol–water partition coefficient (Wildman–Crippen LogP) is 1.19. The molecule has 0 heterocycles. The van der Waals surface area contributed by atoms with E-state index in [1.807, 2.05) is 0 Å². The molecule has 1 aliphatic rings. The van der Waals surface area contributed by atoms with Crippen LogP contribution < -0.4 is 11.1 Å². The minimum Gasteiger partial charge on any atom is -0.391 e. The standard InChI is InChI=1S/C13H16ClFN2O2/c14-9-2-1-3-10(15)8(9)6-17-13(19)7-4-11(16)12(18)5-7/h1-3,7,11-12,18H,4-6,16H2,(H,17,19)/t7-,11+,12+/m0/s1. The Bertz CT molecular complexity index is 453. The number of carbonyl (C=O) groups is 1. The topological polar surface area (TPSA) is 75.4 Å².